The van der Waals surface area contributed by atoms with Gasteiger partial charge in [0.25, 0.3) is 0 Å². The summed E-state index contributed by atoms with van der Waals surface area (Å²) in [5.74, 6) is 0.660. The quantitative estimate of drug-likeness (QED) is 0.807. The summed E-state index contributed by atoms with van der Waals surface area (Å²) in [5, 5.41) is 3.54. The van der Waals surface area contributed by atoms with Crippen LogP contribution < -0.4 is 10.1 Å². The maximum atomic E-state index is 5.87. The summed E-state index contributed by atoms with van der Waals surface area (Å²) < 4.78 is 16.5. The lowest BCUT2D eigenvalue weighted by Gasteiger charge is -2.19. The van der Waals surface area contributed by atoms with E-state index in [0.717, 1.165) is 25.1 Å². The molecular formula is C19H24N2O3. The maximum Gasteiger partial charge on any atom is 0.213 e. The van der Waals surface area contributed by atoms with Gasteiger partial charge < -0.3 is 19.5 Å². The molecule has 5 heteroatoms. The van der Waals surface area contributed by atoms with Crippen LogP contribution in [0.5, 0.6) is 5.88 Å². The molecule has 0 unspecified atom stereocenters. The summed E-state index contributed by atoms with van der Waals surface area (Å²) >= 11 is 0. The molecule has 1 saturated heterocycles. The van der Waals surface area contributed by atoms with Gasteiger partial charge >= 0.3 is 0 Å². The van der Waals surface area contributed by atoms with Crippen LogP contribution >= 0.6 is 0 Å². The summed E-state index contributed by atoms with van der Waals surface area (Å²) in [6.07, 6.45) is 2.83. The molecule has 0 aliphatic carbocycles. The van der Waals surface area contributed by atoms with E-state index in [9.17, 15) is 0 Å². The van der Waals surface area contributed by atoms with Crippen molar-refractivity contribution in [2.45, 2.75) is 25.1 Å². The monoisotopic (exact) mass is 328 g/mol. The van der Waals surface area contributed by atoms with Gasteiger partial charge in [-0.1, -0.05) is 30.3 Å². The number of nitrogens with zero attached hydrogens (tertiary/aromatic N) is 1. The number of hydrogen-bond donors (Lipinski definition) is 1. The van der Waals surface area contributed by atoms with Gasteiger partial charge in [-0.3, -0.25) is 0 Å². The van der Waals surface area contributed by atoms with E-state index in [2.05, 4.69) is 22.4 Å². The fraction of sp³-hybridized carbons (Fsp3) is 0.421. The van der Waals surface area contributed by atoms with Crippen molar-refractivity contribution in [3.63, 3.8) is 0 Å². The fourth-order valence-corrected chi connectivity index (χ4v) is 2.77. The smallest absolute Gasteiger partial charge is 0.213 e. The van der Waals surface area contributed by atoms with E-state index >= 15 is 0 Å². The van der Waals surface area contributed by atoms with E-state index in [1.54, 1.807) is 13.3 Å². The van der Waals surface area contributed by atoms with Gasteiger partial charge in [0.2, 0.25) is 5.88 Å². The van der Waals surface area contributed by atoms with Crippen LogP contribution in [0.25, 0.3) is 0 Å². The van der Waals surface area contributed by atoms with Gasteiger partial charge in [0.15, 0.2) is 0 Å². The van der Waals surface area contributed by atoms with Gasteiger partial charge in [0.1, 0.15) is 6.10 Å². The summed E-state index contributed by atoms with van der Waals surface area (Å²) in [5.41, 5.74) is 2.35. The SMILES string of the molecule is COC[C@@H](NCc1ccnc(O[C@H]2CCOC2)c1)c1ccccc1. The number of nitrogens with one attached hydrogen (secondary N) is 1. The molecule has 0 saturated carbocycles. The number of hydrogen-bond acceptors (Lipinski definition) is 5. The van der Waals surface area contributed by atoms with Gasteiger partial charge in [0.05, 0.1) is 25.9 Å². The van der Waals surface area contributed by atoms with Crippen molar-refractivity contribution in [1.29, 1.82) is 0 Å². The normalized spacial score (nSPS) is 18.5. The van der Waals surface area contributed by atoms with E-state index in [4.69, 9.17) is 14.2 Å². The molecule has 2 atom stereocenters. The summed E-state index contributed by atoms with van der Waals surface area (Å²) in [6, 6.07) is 14.5. The van der Waals surface area contributed by atoms with Crippen LogP contribution in [0, 0.1) is 0 Å². The zero-order valence-corrected chi connectivity index (χ0v) is 14.0. The van der Waals surface area contributed by atoms with Gasteiger partial charge in [-0.25, -0.2) is 4.98 Å². The molecule has 1 N–H and O–H groups in total. The second-order valence-electron chi connectivity index (χ2n) is 5.91. The molecule has 1 aromatic carbocycles. The van der Waals surface area contributed by atoms with Gasteiger partial charge in [-0.05, 0) is 17.2 Å². The number of ether oxygens (including phenoxy) is 3. The summed E-state index contributed by atoms with van der Waals surface area (Å²) in [4.78, 5) is 4.29. The Hall–Kier alpha value is -1.95. The molecule has 5 nitrogen and oxygen atoms in total. The molecule has 1 aromatic heterocycles. The Labute approximate surface area is 143 Å². The van der Waals surface area contributed by atoms with Crippen LogP contribution in [0.1, 0.15) is 23.6 Å². The van der Waals surface area contributed by atoms with Crippen LogP contribution in [0.3, 0.4) is 0 Å². The number of methoxy groups -OCH3 is 1. The maximum absolute atomic E-state index is 5.87. The van der Waals surface area contributed by atoms with Crippen molar-refractivity contribution >= 4 is 0 Å². The largest absolute Gasteiger partial charge is 0.472 e. The fourth-order valence-electron chi connectivity index (χ4n) is 2.77. The van der Waals surface area contributed by atoms with Gasteiger partial charge in [0, 0.05) is 32.3 Å². The molecular weight excluding hydrogens is 304 g/mol. The highest BCUT2D eigenvalue weighted by Gasteiger charge is 2.18. The Balaban J connectivity index is 1.60. The van der Waals surface area contributed by atoms with E-state index in [1.165, 1.54) is 5.56 Å². The predicted octanol–water partition coefficient (Wildman–Crippen LogP) is 2.73. The molecule has 0 radical (unpaired) electrons. The highest BCUT2D eigenvalue weighted by molar-refractivity contribution is 5.22. The second kappa shape index (κ2) is 8.78. The summed E-state index contributed by atoms with van der Waals surface area (Å²) in [7, 11) is 1.72. The number of pyridine rings is 1. The lowest BCUT2D eigenvalue weighted by atomic mass is 10.1. The Morgan fingerprint density at radius 2 is 2.17 bits per heavy atom. The first-order valence-corrected chi connectivity index (χ1v) is 8.32. The van der Waals surface area contributed by atoms with Crippen molar-refractivity contribution in [1.82, 2.24) is 10.3 Å². The van der Waals surface area contributed by atoms with Crippen LogP contribution in [0.15, 0.2) is 48.7 Å². The van der Waals surface area contributed by atoms with Crippen molar-refractivity contribution in [3.8, 4) is 5.88 Å². The lowest BCUT2D eigenvalue weighted by molar-refractivity contribution is 0.138. The zero-order valence-electron chi connectivity index (χ0n) is 14.0. The minimum Gasteiger partial charge on any atom is -0.472 e. The Kier molecular flexibility index (Phi) is 6.18. The molecule has 1 aliphatic heterocycles. The highest BCUT2D eigenvalue weighted by Crippen LogP contribution is 2.17. The minimum atomic E-state index is 0.117. The summed E-state index contributed by atoms with van der Waals surface area (Å²) in [6.45, 7) is 2.76. The van der Waals surface area contributed by atoms with Crippen LogP contribution in [-0.2, 0) is 16.0 Å². The first-order valence-electron chi connectivity index (χ1n) is 8.32. The first-order chi connectivity index (χ1) is 11.8. The molecule has 1 fully saturated rings. The first kappa shape index (κ1) is 16.9. The standard InChI is InChI=1S/C19H24N2O3/c1-22-14-18(16-5-3-2-4-6-16)21-12-15-7-9-20-19(11-15)24-17-8-10-23-13-17/h2-7,9,11,17-18,21H,8,10,12-14H2,1H3/t17-,18+/m0/s1. The molecule has 0 spiro atoms. The van der Waals surface area contributed by atoms with Crippen molar-refractivity contribution < 1.29 is 14.2 Å². The molecule has 24 heavy (non-hydrogen) atoms. The Morgan fingerprint density at radius 3 is 2.92 bits per heavy atom. The number of benzene rings is 1. The van der Waals surface area contributed by atoms with Crippen LogP contribution in [-0.4, -0.2) is 38.0 Å². The third-order valence-electron chi connectivity index (χ3n) is 4.06. The topological polar surface area (TPSA) is 52.6 Å². The van der Waals surface area contributed by atoms with Crippen LogP contribution in [0.2, 0.25) is 0 Å². The van der Waals surface area contributed by atoms with E-state index < -0.39 is 0 Å². The van der Waals surface area contributed by atoms with Crippen molar-refractivity contribution in [3.05, 3.63) is 59.8 Å². The minimum absolute atomic E-state index is 0.117. The Morgan fingerprint density at radius 1 is 1.29 bits per heavy atom. The van der Waals surface area contributed by atoms with E-state index in [-0.39, 0.29) is 12.1 Å². The zero-order chi connectivity index (χ0) is 16.6. The van der Waals surface area contributed by atoms with Gasteiger partial charge in [-0.15, -0.1) is 0 Å². The molecule has 2 heterocycles. The third-order valence-corrected chi connectivity index (χ3v) is 4.06. The molecule has 3 rings (SSSR count). The van der Waals surface area contributed by atoms with Crippen molar-refractivity contribution in [2.75, 3.05) is 26.9 Å². The van der Waals surface area contributed by atoms with Crippen LogP contribution in [0.4, 0.5) is 0 Å². The molecule has 0 bridgehead atoms. The Bertz CT molecular complexity index is 615. The average Bonchev–Trinajstić information content (AvgIpc) is 3.13. The van der Waals surface area contributed by atoms with Crippen molar-refractivity contribution in [2.24, 2.45) is 0 Å². The van der Waals surface area contributed by atoms with Gasteiger partial charge in [-0.2, -0.15) is 0 Å². The van der Waals surface area contributed by atoms with E-state index in [1.807, 2.05) is 30.3 Å². The average molecular weight is 328 g/mol. The molecule has 1 aliphatic rings. The third kappa shape index (κ3) is 4.77. The lowest BCUT2D eigenvalue weighted by Crippen LogP contribution is -2.25. The molecule has 2 aromatic rings. The van der Waals surface area contributed by atoms with E-state index in [0.29, 0.717) is 19.1 Å². The molecule has 0 amide bonds. The highest BCUT2D eigenvalue weighted by atomic mass is 16.5. The molecule has 128 valence electrons. The second-order valence-corrected chi connectivity index (χ2v) is 5.91. The number of aromatic nitrogens is 1. The number of rotatable bonds is 8. The predicted molar refractivity (Wildman–Crippen MR) is 92.0 cm³/mol.